The topological polar surface area (TPSA) is 86.7 Å². The average molecular weight is 415 g/mol. The standard InChI is InChI=1S/C22H25NO7/c1-26-16-5-3-14(11-18(16)27-2)21-20(13-24)28-8-7-23(21)22(25)15-4-6-17-19(12-15)30-10-9-29-17/h3-6,11-12,20-21,24H,7-10,13H2,1-2H3. The van der Waals surface area contributed by atoms with Gasteiger partial charge in [-0.05, 0) is 35.9 Å². The summed E-state index contributed by atoms with van der Waals surface area (Å²) < 4.78 is 27.7. The molecule has 2 aromatic carbocycles. The van der Waals surface area contributed by atoms with Crippen LogP contribution < -0.4 is 18.9 Å². The predicted molar refractivity (Wildman–Crippen MR) is 108 cm³/mol. The van der Waals surface area contributed by atoms with Crippen molar-refractivity contribution in [3.63, 3.8) is 0 Å². The third kappa shape index (κ3) is 3.76. The predicted octanol–water partition coefficient (Wildman–Crippen LogP) is 2.05. The maximum atomic E-state index is 13.4. The van der Waals surface area contributed by atoms with E-state index in [0.29, 0.717) is 54.9 Å². The second kappa shape index (κ2) is 8.81. The van der Waals surface area contributed by atoms with Gasteiger partial charge in [-0.25, -0.2) is 0 Å². The van der Waals surface area contributed by atoms with Crippen LogP contribution in [0.2, 0.25) is 0 Å². The van der Waals surface area contributed by atoms with Crippen LogP contribution in [0.4, 0.5) is 0 Å². The van der Waals surface area contributed by atoms with Gasteiger partial charge in [0.05, 0.1) is 33.5 Å². The average Bonchev–Trinajstić information content (AvgIpc) is 2.82. The number of amides is 1. The number of carbonyl (C=O) groups excluding carboxylic acids is 1. The van der Waals surface area contributed by atoms with Crippen molar-refractivity contribution >= 4 is 5.91 Å². The zero-order valence-corrected chi connectivity index (χ0v) is 17.0. The normalized spacial score (nSPS) is 20.6. The lowest BCUT2D eigenvalue weighted by molar-refractivity contribution is -0.0811. The van der Waals surface area contributed by atoms with Crippen molar-refractivity contribution in [3.8, 4) is 23.0 Å². The van der Waals surface area contributed by atoms with E-state index in [1.54, 1.807) is 43.4 Å². The Morgan fingerprint density at radius 2 is 1.80 bits per heavy atom. The third-order valence-corrected chi connectivity index (χ3v) is 5.33. The van der Waals surface area contributed by atoms with E-state index in [-0.39, 0.29) is 12.5 Å². The molecule has 8 heteroatoms. The summed E-state index contributed by atoms with van der Waals surface area (Å²) in [6.07, 6.45) is -0.557. The van der Waals surface area contributed by atoms with E-state index >= 15 is 0 Å². The van der Waals surface area contributed by atoms with Crippen LogP contribution in [-0.4, -0.2) is 69.2 Å². The molecule has 0 spiro atoms. The summed E-state index contributed by atoms with van der Waals surface area (Å²) in [6.45, 7) is 1.45. The van der Waals surface area contributed by atoms with Gasteiger partial charge in [0.25, 0.3) is 5.91 Å². The highest BCUT2D eigenvalue weighted by Gasteiger charge is 2.37. The first-order valence-corrected chi connectivity index (χ1v) is 9.81. The Kier molecular flexibility index (Phi) is 5.96. The quantitative estimate of drug-likeness (QED) is 0.800. The van der Waals surface area contributed by atoms with Crippen molar-refractivity contribution in [3.05, 3.63) is 47.5 Å². The molecule has 2 heterocycles. The summed E-state index contributed by atoms with van der Waals surface area (Å²) in [5.41, 5.74) is 1.28. The molecule has 30 heavy (non-hydrogen) atoms. The molecule has 1 saturated heterocycles. The van der Waals surface area contributed by atoms with Crippen molar-refractivity contribution in [2.24, 2.45) is 0 Å². The Morgan fingerprint density at radius 1 is 1.03 bits per heavy atom. The first-order valence-electron chi connectivity index (χ1n) is 9.81. The highest BCUT2D eigenvalue weighted by atomic mass is 16.6. The first kappa shape index (κ1) is 20.3. The molecule has 2 unspecified atom stereocenters. The van der Waals surface area contributed by atoms with Gasteiger partial charge in [-0.15, -0.1) is 0 Å². The molecular formula is C22H25NO7. The Hall–Kier alpha value is -2.97. The molecule has 0 aliphatic carbocycles. The molecule has 1 N–H and O–H groups in total. The van der Waals surface area contributed by atoms with Crippen LogP contribution in [0.25, 0.3) is 0 Å². The van der Waals surface area contributed by atoms with Crippen LogP contribution in [0.1, 0.15) is 22.0 Å². The monoisotopic (exact) mass is 415 g/mol. The van der Waals surface area contributed by atoms with Gasteiger partial charge in [-0.2, -0.15) is 0 Å². The highest BCUT2D eigenvalue weighted by molar-refractivity contribution is 5.95. The molecule has 1 amide bonds. The van der Waals surface area contributed by atoms with E-state index < -0.39 is 12.1 Å². The Bertz CT molecular complexity index is 916. The van der Waals surface area contributed by atoms with Crippen LogP contribution in [0.5, 0.6) is 23.0 Å². The SMILES string of the molecule is COc1ccc(C2C(CO)OCCN2C(=O)c2ccc3c(c2)OCCO3)cc1OC. The molecular weight excluding hydrogens is 390 g/mol. The van der Waals surface area contributed by atoms with Gasteiger partial charge in [0.2, 0.25) is 0 Å². The van der Waals surface area contributed by atoms with E-state index in [1.807, 2.05) is 12.1 Å². The summed E-state index contributed by atoms with van der Waals surface area (Å²) in [4.78, 5) is 15.2. The summed E-state index contributed by atoms with van der Waals surface area (Å²) in [5.74, 6) is 2.15. The smallest absolute Gasteiger partial charge is 0.254 e. The number of rotatable bonds is 5. The summed E-state index contributed by atoms with van der Waals surface area (Å²) in [5, 5.41) is 9.92. The van der Waals surface area contributed by atoms with E-state index in [0.717, 1.165) is 5.56 Å². The largest absolute Gasteiger partial charge is 0.493 e. The number of carbonyl (C=O) groups is 1. The first-order chi connectivity index (χ1) is 14.7. The number of hydrogen-bond acceptors (Lipinski definition) is 7. The molecule has 2 aliphatic rings. The Balaban J connectivity index is 1.69. The minimum absolute atomic E-state index is 0.173. The minimum Gasteiger partial charge on any atom is -0.493 e. The van der Waals surface area contributed by atoms with Gasteiger partial charge in [-0.3, -0.25) is 4.79 Å². The number of aliphatic hydroxyl groups is 1. The Labute approximate surface area is 174 Å². The molecule has 0 radical (unpaired) electrons. The van der Waals surface area contributed by atoms with Crippen LogP contribution in [0, 0.1) is 0 Å². The fourth-order valence-corrected chi connectivity index (χ4v) is 3.89. The number of methoxy groups -OCH3 is 2. The number of nitrogens with zero attached hydrogens (tertiary/aromatic N) is 1. The molecule has 8 nitrogen and oxygen atoms in total. The van der Waals surface area contributed by atoms with Crippen LogP contribution in [0.15, 0.2) is 36.4 Å². The molecule has 0 saturated carbocycles. The summed E-state index contributed by atoms with van der Waals surface area (Å²) >= 11 is 0. The lowest BCUT2D eigenvalue weighted by Crippen LogP contribution is -2.49. The van der Waals surface area contributed by atoms with Gasteiger partial charge >= 0.3 is 0 Å². The second-order valence-electron chi connectivity index (χ2n) is 7.01. The van der Waals surface area contributed by atoms with Crippen molar-refractivity contribution in [2.45, 2.75) is 12.1 Å². The number of benzene rings is 2. The van der Waals surface area contributed by atoms with Crippen molar-refractivity contribution in [2.75, 3.05) is 47.2 Å². The molecule has 4 rings (SSSR count). The van der Waals surface area contributed by atoms with Crippen molar-refractivity contribution < 1.29 is 33.6 Å². The van der Waals surface area contributed by atoms with E-state index in [2.05, 4.69) is 0 Å². The second-order valence-corrected chi connectivity index (χ2v) is 7.01. The molecule has 160 valence electrons. The molecule has 0 bridgehead atoms. The van der Waals surface area contributed by atoms with Crippen LogP contribution >= 0.6 is 0 Å². The number of hydrogen-bond donors (Lipinski definition) is 1. The zero-order chi connectivity index (χ0) is 21.1. The van der Waals surface area contributed by atoms with Gasteiger partial charge in [0.1, 0.15) is 19.3 Å². The van der Waals surface area contributed by atoms with Crippen LogP contribution in [-0.2, 0) is 4.74 Å². The highest BCUT2D eigenvalue weighted by Crippen LogP contribution is 2.37. The maximum absolute atomic E-state index is 13.4. The van der Waals surface area contributed by atoms with Crippen molar-refractivity contribution in [1.82, 2.24) is 4.90 Å². The molecule has 0 aromatic heterocycles. The van der Waals surface area contributed by atoms with Gasteiger partial charge in [0.15, 0.2) is 23.0 Å². The van der Waals surface area contributed by atoms with E-state index in [1.165, 1.54) is 0 Å². The zero-order valence-electron chi connectivity index (χ0n) is 17.0. The number of ether oxygens (including phenoxy) is 5. The van der Waals surface area contributed by atoms with E-state index in [4.69, 9.17) is 23.7 Å². The van der Waals surface area contributed by atoms with Gasteiger partial charge in [0, 0.05) is 12.1 Å². The third-order valence-electron chi connectivity index (χ3n) is 5.33. The lowest BCUT2D eigenvalue weighted by atomic mass is 9.96. The van der Waals surface area contributed by atoms with Crippen molar-refractivity contribution in [1.29, 1.82) is 0 Å². The van der Waals surface area contributed by atoms with Crippen LogP contribution in [0.3, 0.4) is 0 Å². The minimum atomic E-state index is -0.557. The molecule has 2 atom stereocenters. The molecule has 2 aliphatic heterocycles. The molecule has 1 fully saturated rings. The Morgan fingerprint density at radius 3 is 2.53 bits per heavy atom. The number of fused-ring (bicyclic) bond motifs is 1. The van der Waals surface area contributed by atoms with E-state index in [9.17, 15) is 9.90 Å². The van der Waals surface area contributed by atoms with Gasteiger partial charge in [-0.1, -0.05) is 6.07 Å². The lowest BCUT2D eigenvalue weighted by Gasteiger charge is -2.41. The number of morpholine rings is 1. The fraction of sp³-hybridized carbons (Fsp3) is 0.409. The molecule has 2 aromatic rings. The number of aliphatic hydroxyl groups excluding tert-OH is 1. The van der Waals surface area contributed by atoms with Gasteiger partial charge < -0.3 is 33.7 Å². The maximum Gasteiger partial charge on any atom is 0.254 e. The summed E-state index contributed by atoms with van der Waals surface area (Å²) in [7, 11) is 3.12. The fourth-order valence-electron chi connectivity index (χ4n) is 3.89. The summed E-state index contributed by atoms with van der Waals surface area (Å²) in [6, 6.07) is 10.1.